The lowest BCUT2D eigenvalue weighted by Crippen LogP contribution is -2.11. The highest BCUT2D eigenvalue weighted by molar-refractivity contribution is 7.98. The van der Waals surface area contributed by atoms with Crippen LogP contribution in [0.1, 0.15) is 16.7 Å². The number of hydrogen-bond acceptors (Lipinski definition) is 7. The Balaban J connectivity index is 1.86. The van der Waals surface area contributed by atoms with Gasteiger partial charge in [0.1, 0.15) is 22.5 Å². The highest BCUT2D eigenvalue weighted by atomic mass is 35.5. The van der Waals surface area contributed by atoms with E-state index in [0.717, 1.165) is 23.4 Å². The maximum Gasteiger partial charge on any atom is 0.308 e. The molecule has 0 aliphatic rings. The molecule has 0 aliphatic carbocycles. The number of nitrogens with zero attached hydrogens (tertiary/aromatic N) is 2. The van der Waals surface area contributed by atoms with Crippen molar-refractivity contribution in [1.82, 2.24) is 9.97 Å². The Morgan fingerprint density at radius 1 is 1.15 bits per heavy atom. The standard InChI is InChI=1S/C22H20ClF2N3O4S/c1-31-14-7-6-12(17(8-14)32-2)10-26-21-15(9-18(29)30)20(23)27-22(28-21)33-11-13-4-3-5-16(24)19(13)25/h3-8H,9-11H2,1-2H3,(H,29,30)(H,26,27,28). The second kappa shape index (κ2) is 11.2. The highest BCUT2D eigenvalue weighted by Gasteiger charge is 2.18. The van der Waals surface area contributed by atoms with Gasteiger partial charge in [-0.05, 0) is 18.2 Å². The van der Waals surface area contributed by atoms with Crippen molar-refractivity contribution in [3.63, 3.8) is 0 Å². The van der Waals surface area contributed by atoms with Gasteiger partial charge in [0.05, 0.1) is 20.6 Å². The van der Waals surface area contributed by atoms with Crippen LogP contribution in [0.15, 0.2) is 41.6 Å². The van der Waals surface area contributed by atoms with Crippen LogP contribution >= 0.6 is 23.4 Å². The molecule has 1 aromatic heterocycles. The van der Waals surface area contributed by atoms with E-state index in [0.29, 0.717) is 11.5 Å². The average Bonchev–Trinajstić information content (AvgIpc) is 2.80. The molecular formula is C22H20ClF2N3O4S. The molecule has 0 amide bonds. The van der Waals surface area contributed by atoms with Gasteiger partial charge >= 0.3 is 5.97 Å². The normalized spacial score (nSPS) is 10.7. The third-order valence-corrected chi connectivity index (χ3v) is 5.80. The number of aliphatic carboxylic acids is 1. The van der Waals surface area contributed by atoms with Gasteiger partial charge < -0.3 is 19.9 Å². The summed E-state index contributed by atoms with van der Waals surface area (Å²) in [6.07, 6.45) is -0.398. The summed E-state index contributed by atoms with van der Waals surface area (Å²) in [4.78, 5) is 19.8. The molecule has 1 heterocycles. The number of methoxy groups -OCH3 is 2. The molecule has 0 atom stereocenters. The first-order valence-electron chi connectivity index (χ1n) is 9.61. The third kappa shape index (κ3) is 6.23. The maximum absolute atomic E-state index is 14.0. The van der Waals surface area contributed by atoms with Crippen LogP contribution in [-0.2, 0) is 23.5 Å². The Kier molecular flexibility index (Phi) is 8.29. The van der Waals surface area contributed by atoms with E-state index in [4.69, 9.17) is 21.1 Å². The summed E-state index contributed by atoms with van der Waals surface area (Å²) in [5.74, 6) is -1.52. The van der Waals surface area contributed by atoms with Gasteiger partial charge in [-0.1, -0.05) is 35.5 Å². The molecule has 3 rings (SSSR count). The number of anilines is 1. The van der Waals surface area contributed by atoms with Gasteiger partial charge in [0.25, 0.3) is 0 Å². The van der Waals surface area contributed by atoms with Crippen molar-refractivity contribution in [2.24, 2.45) is 0 Å². The predicted molar refractivity (Wildman–Crippen MR) is 121 cm³/mol. The van der Waals surface area contributed by atoms with Crippen molar-refractivity contribution >= 4 is 35.1 Å². The second-order valence-corrected chi connectivity index (χ2v) is 8.03. The number of hydrogen-bond donors (Lipinski definition) is 2. The first-order chi connectivity index (χ1) is 15.8. The smallest absolute Gasteiger partial charge is 0.308 e. The molecule has 0 unspecified atom stereocenters. The van der Waals surface area contributed by atoms with Crippen LogP contribution in [0, 0.1) is 11.6 Å². The fraction of sp³-hybridized carbons (Fsp3) is 0.227. The second-order valence-electron chi connectivity index (χ2n) is 6.73. The zero-order chi connectivity index (χ0) is 24.0. The SMILES string of the molecule is COc1ccc(CNc2nc(SCc3cccc(F)c3F)nc(Cl)c2CC(=O)O)c(OC)c1. The van der Waals surface area contributed by atoms with Crippen LogP contribution in [0.5, 0.6) is 11.5 Å². The van der Waals surface area contributed by atoms with Crippen molar-refractivity contribution in [1.29, 1.82) is 0 Å². The topological polar surface area (TPSA) is 93.6 Å². The van der Waals surface area contributed by atoms with Crippen molar-refractivity contribution in [3.05, 3.63) is 69.9 Å². The summed E-state index contributed by atoms with van der Waals surface area (Å²) in [6.45, 7) is 0.246. The highest BCUT2D eigenvalue weighted by Crippen LogP contribution is 2.30. The molecule has 0 radical (unpaired) electrons. The zero-order valence-corrected chi connectivity index (χ0v) is 19.3. The zero-order valence-electron chi connectivity index (χ0n) is 17.7. The van der Waals surface area contributed by atoms with Gasteiger partial charge in [-0.15, -0.1) is 0 Å². The van der Waals surface area contributed by atoms with E-state index >= 15 is 0 Å². The molecule has 0 saturated heterocycles. The number of carboxylic acid groups (broad SMARTS) is 1. The Hall–Kier alpha value is -3.11. The van der Waals surface area contributed by atoms with Crippen LogP contribution in [0.25, 0.3) is 0 Å². The predicted octanol–water partition coefficient (Wildman–Crippen LogP) is 4.96. The quantitative estimate of drug-likeness (QED) is 0.232. The van der Waals surface area contributed by atoms with Crippen molar-refractivity contribution in [3.8, 4) is 11.5 Å². The van der Waals surface area contributed by atoms with Gasteiger partial charge in [-0.2, -0.15) is 0 Å². The van der Waals surface area contributed by atoms with Gasteiger partial charge in [-0.3, -0.25) is 4.79 Å². The first-order valence-corrected chi connectivity index (χ1v) is 11.0. The van der Waals surface area contributed by atoms with E-state index in [2.05, 4.69) is 15.3 Å². The molecule has 2 N–H and O–H groups in total. The average molecular weight is 496 g/mol. The molecule has 174 valence electrons. The monoisotopic (exact) mass is 495 g/mol. The third-order valence-electron chi connectivity index (χ3n) is 4.59. The number of nitrogens with one attached hydrogen (secondary N) is 1. The summed E-state index contributed by atoms with van der Waals surface area (Å²) in [7, 11) is 3.07. The lowest BCUT2D eigenvalue weighted by Gasteiger charge is -2.15. The minimum atomic E-state index is -1.10. The number of benzene rings is 2. The molecule has 7 nitrogen and oxygen atoms in total. The molecule has 0 aliphatic heterocycles. The van der Waals surface area contributed by atoms with Crippen molar-refractivity contribution in [2.45, 2.75) is 23.9 Å². The van der Waals surface area contributed by atoms with E-state index in [9.17, 15) is 18.7 Å². The van der Waals surface area contributed by atoms with E-state index < -0.39 is 24.0 Å². The summed E-state index contributed by atoms with van der Waals surface area (Å²) in [5.41, 5.74) is 1.12. The minimum Gasteiger partial charge on any atom is -0.497 e. The molecule has 0 spiro atoms. The number of halogens is 3. The van der Waals surface area contributed by atoms with E-state index in [-0.39, 0.29) is 39.6 Å². The number of carboxylic acids is 1. The first kappa shape index (κ1) is 24.5. The van der Waals surface area contributed by atoms with Gasteiger partial charge in [0, 0.05) is 35.1 Å². The molecule has 0 saturated carbocycles. The molecule has 2 aromatic carbocycles. The van der Waals surface area contributed by atoms with Crippen LogP contribution in [0.3, 0.4) is 0 Å². The number of aromatic nitrogens is 2. The molecule has 0 bridgehead atoms. The summed E-state index contributed by atoms with van der Waals surface area (Å²) >= 11 is 7.30. The Morgan fingerprint density at radius 3 is 2.64 bits per heavy atom. The van der Waals surface area contributed by atoms with Crippen LogP contribution in [-0.4, -0.2) is 35.3 Å². The number of carbonyl (C=O) groups is 1. The minimum absolute atomic E-state index is 0.0428. The fourth-order valence-corrected chi connectivity index (χ4v) is 4.04. The van der Waals surface area contributed by atoms with E-state index in [1.807, 2.05) is 0 Å². The fourth-order valence-electron chi connectivity index (χ4n) is 2.94. The van der Waals surface area contributed by atoms with E-state index in [1.165, 1.54) is 19.2 Å². The number of rotatable bonds is 10. The Labute approximate surface area is 198 Å². The van der Waals surface area contributed by atoms with E-state index in [1.54, 1.807) is 25.3 Å². The van der Waals surface area contributed by atoms with Crippen molar-refractivity contribution in [2.75, 3.05) is 19.5 Å². The summed E-state index contributed by atoms with van der Waals surface area (Å²) in [6, 6.07) is 9.18. The summed E-state index contributed by atoms with van der Waals surface area (Å²) in [5, 5.41) is 12.5. The van der Waals surface area contributed by atoms with Gasteiger partial charge in [0.15, 0.2) is 16.8 Å². The molecule has 0 fully saturated rings. The lowest BCUT2D eigenvalue weighted by atomic mass is 10.1. The Morgan fingerprint density at radius 2 is 1.94 bits per heavy atom. The molecule has 11 heteroatoms. The van der Waals surface area contributed by atoms with Gasteiger partial charge in [-0.25, -0.2) is 18.7 Å². The number of ether oxygens (including phenoxy) is 2. The van der Waals surface area contributed by atoms with Crippen LogP contribution in [0.4, 0.5) is 14.6 Å². The van der Waals surface area contributed by atoms with Crippen LogP contribution < -0.4 is 14.8 Å². The number of thioether (sulfide) groups is 1. The largest absolute Gasteiger partial charge is 0.497 e. The molecule has 3 aromatic rings. The van der Waals surface area contributed by atoms with Crippen molar-refractivity contribution < 1.29 is 28.2 Å². The molecule has 33 heavy (non-hydrogen) atoms. The Bertz CT molecular complexity index is 1170. The maximum atomic E-state index is 14.0. The lowest BCUT2D eigenvalue weighted by molar-refractivity contribution is -0.136. The molecular weight excluding hydrogens is 476 g/mol. The van der Waals surface area contributed by atoms with Crippen LogP contribution in [0.2, 0.25) is 5.15 Å². The van der Waals surface area contributed by atoms with Gasteiger partial charge in [0.2, 0.25) is 0 Å². The summed E-state index contributed by atoms with van der Waals surface area (Å²) < 4.78 is 38.0.